The third-order valence-electron chi connectivity index (χ3n) is 4.84. The summed E-state index contributed by atoms with van der Waals surface area (Å²) in [4.78, 5) is 27.0. The van der Waals surface area contributed by atoms with Crippen molar-refractivity contribution >= 4 is 23.2 Å². The monoisotopic (exact) mass is 402 g/mol. The first kappa shape index (κ1) is 19.5. The average molecular weight is 402 g/mol. The molecule has 0 saturated heterocycles. The number of carbonyl (C=O) groups is 2. The molecule has 0 aromatic heterocycles. The number of fused-ring (bicyclic) bond motifs is 2. The molecule has 1 aliphatic heterocycles. The fourth-order valence-corrected chi connectivity index (χ4v) is 3.35. The third kappa shape index (κ3) is 3.98. The summed E-state index contributed by atoms with van der Waals surface area (Å²) < 4.78 is 11.4. The van der Waals surface area contributed by atoms with Crippen LogP contribution in [0.5, 0.6) is 17.2 Å². The highest BCUT2D eigenvalue weighted by atomic mass is 16.5. The maximum atomic E-state index is 12.9. The lowest BCUT2D eigenvalue weighted by molar-refractivity contribution is -0.115. The molecule has 0 unspecified atom stereocenters. The minimum Gasteiger partial charge on any atom is -0.494 e. The van der Waals surface area contributed by atoms with Crippen LogP contribution in [-0.4, -0.2) is 25.5 Å². The normalized spacial score (nSPS) is 12.3. The van der Waals surface area contributed by atoms with Gasteiger partial charge in [0.15, 0.2) is 5.75 Å². The number of carbonyl (C=O) groups excluding carboxylic acids is 2. The molecule has 152 valence electrons. The maximum absolute atomic E-state index is 12.9. The molecule has 2 amide bonds. The van der Waals surface area contributed by atoms with Crippen LogP contribution >= 0.6 is 0 Å². The van der Waals surface area contributed by atoms with E-state index in [1.165, 1.54) is 0 Å². The fourth-order valence-electron chi connectivity index (χ4n) is 3.35. The van der Waals surface area contributed by atoms with Crippen molar-refractivity contribution in [1.82, 2.24) is 0 Å². The SMILES string of the molecule is CCOc1ccc(CC(=O)Nc2ccc3c(c2)C(=O)N(C)c2ccccc2O3)cc1. The van der Waals surface area contributed by atoms with Gasteiger partial charge < -0.3 is 19.7 Å². The molecule has 30 heavy (non-hydrogen) atoms. The van der Waals surface area contributed by atoms with E-state index < -0.39 is 0 Å². The van der Waals surface area contributed by atoms with Crippen molar-refractivity contribution in [2.45, 2.75) is 13.3 Å². The van der Waals surface area contributed by atoms with E-state index in [9.17, 15) is 9.59 Å². The van der Waals surface area contributed by atoms with E-state index in [1.807, 2.05) is 55.5 Å². The van der Waals surface area contributed by atoms with E-state index in [-0.39, 0.29) is 18.2 Å². The van der Waals surface area contributed by atoms with Gasteiger partial charge in [0.1, 0.15) is 11.5 Å². The van der Waals surface area contributed by atoms with E-state index in [4.69, 9.17) is 9.47 Å². The Morgan fingerprint density at radius 1 is 1.03 bits per heavy atom. The summed E-state index contributed by atoms with van der Waals surface area (Å²) in [7, 11) is 1.71. The molecule has 1 aliphatic rings. The van der Waals surface area contributed by atoms with Crippen molar-refractivity contribution in [2.24, 2.45) is 0 Å². The quantitative estimate of drug-likeness (QED) is 0.675. The molecule has 0 radical (unpaired) electrons. The molecule has 0 atom stereocenters. The van der Waals surface area contributed by atoms with Crippen molar-refractivity contribution < 1.29 is 19.1 Å². The molecule has 1 N–H and O–H groups in total. The molecule has 3 aromatic rings. The van der Waals surface area contributed by atoms with Gasteiger partial charge in [-0.2, -0.15) is 0 Å². The number of hydrogen-bond donors (Lipinski definition) is 1. The summed E-state index contributed by atoms with van der Waals surface area (Å²) >= 11 is 0. The number of amides is 2. The topological polar surface area (TPSA) is 67.9 Å². The highest BCUT2D eigenvalue weighted by molar-refractivity contribution is 6.10. The van der Waals surface area contributed by atoms with E-state index >= 15 is 0 Å². The minimum atomic E-state index is -0.197. The van der Waals surface area contributed by atoms with Gasteiger partial charge in [-0.05, 0) is 55.0 Å². The predicted octanol–water partition coefficient (Wildman–Crippen LogP) is 4.65. The van der Waals surface area contributed by atoms with Gasteiger partial charge in [0.05, 0.1) is 24.3 Å². The van der Waals surface area contributed by atoms with Crippen LogP contribution in [0.4, 0.5) is 11.4 Å². The first-order valence-electron chi connectivity index (χ1n) is 9.75. The Morgan fingerprint density at radius 2 is 1.80 bits per heavy atom. The minimum absolute atomic E-state index is 0.169. The molecule has 0 aliphatic carbocycles. The zero-order chi connectivity index (χ0) is 21.1. The third-order valence-corrected chi connectivity index (χ3v) is 4.84. The Balaban J connectivity index is 1.50. The molecule has 0 fully saturated rings. The first-order valence-corrected chi connectivity index (χ1v) is 9.75. The van der Waals surface area contributed by atoms with Gasteiger partial charge in [-0.15, -0.1) is 0 Å². The number of ether oxygens (including phenoxy) is 2. The van der Waals surface area contributed by atoms with Crippen LogP contribution in [0.2, 0.25) is 0 Å². The second kappa shape index (κ2) is 8.29. The number of nitrogens with zero attached hydrogens (tertiary/aromatic N) is 1. The van der Waals surface area contributed by atoms with E-state index in [0.717, 1.165) is 11.3 Å². The second-order valence-electron chi connectivity index (χ2n) is 6.95. The maximum Gasteiger partial charge on any atom is 0.261 e. The highest BCUT2D eigenvalue weighted by Gasteiger charge is 2.25. The van der Waals surface area contributed by atoms with E-state index in [1.54, 1.807) is 30.1 Å². The summed E-state index contributed by atoms with van der Waals surface area (Å²) in [5.74, 6) is 1.48. The predicted molar refractivity (Wildman–Crippen MR) is 116 cm³/mol. The molecule has 0 spiro atoms. The number of nitrogens with one attached hydrogen (secondary N) is 1. The molecule has 1 heterocycles. The fraction of sp³-hybridized carbons (Fsp3) is 0.167. The van der Waals surface area contributed by atoms with Crippen LogP contribution < -0.4 is 19.7 Å². The molecule has 0 bridgehead atoms. The van der Waals surface area contributed by atoms with Crippen molar-refractivity contribution in [1.29, 1.82) is 0 Å². The number of benzene rings is 3. The lowest BCUT2D eigenvalue weighted by atomic mass is 10.1. The molecule has 6 nitrogen and oxygen atoms in total. The second-order valence-corrected chi connectivity index (χ2v) is 6.95. The van der Waals surface area contributed by atoms with Gasteiger partial charge in [0.25, 0.3) is 5.91 Å². The zero-order valence-electron chi connectivity index (χ0n) is 16.8. The molecular formula is C24H22N2O4. The van der Waals surface area contributed by atoms with E-state index in [2.05, 4.69) is 5.32 Å². The smallest absolute Gasteiger partial charge is 0.261 e. The standard InChI is InChI=1S/C24H22N2O4/c1-3-29-18-11-8-16(9-12-18)14-23(27)25-17-10-13-21-19(15-17)24(28)26(2)20-6-4-5-7-22(20)30-21/h4-13,15H,3,14H2,1-2H3,(H,25,27). The van der Waals surface area contributed by atoms with Crippen molar-refractivity contribution in [3.05, 3.63) is 77.9 Å². The van der Waals surface area contributed by atoms with Gasteiger partial charge in [0.2, 0.25) is 5.91 Å². The highest BCUT2D eigenvalue weighted by Crippen LogP contribution is 2.38. The lowest BCUT2D eigenvalue weighted by Gasteiger charge is -2.16. The molecular weight excluding hydrogens is 380 g/mol. The van der Waals surface area contributed by atoms with Crippen LogP contribution in [0.3, 0.4) is 0 Å². The van der Waals surface area contributed by atoms with Crippen molar-refractivity contribution in [3.63, 3.8) is 0 Å². The van der Waals surface area contributed by atoms with Gasteiger partial charge in [-0.1, -0.05) is 24.3 Å². The molecule has 0 saturated carbocycles. The van der Waals surface area contributed by atoms with Crippen LogP contribution in [0.25, 0.3) is 0 Å². The Kier molecular flexibility index (Phi) is 5.39. The molecule has 3 aromatic carbocycles. The Labute approximate surface area is 175 Å². The van der Waals surface area contributed by atoms with Crippen LogP contribution in [0.15, 0.2) is 66.7 Å². The van der Waals surface area contributed by atoms with Crippen LogP contribution in [-0.2, 0) is 11.2 Å². The summed E-state index contributed by atoms with van der Waals surface area (Å²) in [6, 6.07) is 19.9. The van der Waals surface area contributed by atoms with Gasteiger partial charge >= 0.3 is 0 Å². The first-order chi connectivity index (χ1) is 14.5. The number of rotatable bonds is 5. The van der Waals surface area contributed by atoms with E-state index in [0.29, 0.717) is 35.0 Å². The van der Waals surface area contributed by atoms with Crippen LogP contribution in [0.1, 0.15) is 22.8 Å². The van der Waals surface area contributed by atoms with Gasteiger partial charge in [-0.25, -0.2) is 0 Å². The van der Waals surface area contributed by atoms with Crippen molar-refractivity contribution in [3.8, 4) is 17.2 Å². The largest absolute Gasteiger partial charge is 0.494 e. The number of hydrogen-bond acceptors (Lipinski definition) is 4. The number of para-hydroxylation sites is 2. The lowest BCUT2D eigenvalue weighted by Crippen LogP contribution is -2.25. The summed E-state index contributed by atoms with van der Waals surface area (Å²) in [5, 5.41) is 2.86. The Hall–Kier alpha value is -3.80. The average Bonchev–Trinajstić information content (AvgIpc) is 2.85. The van der Waals surface area contributed by atoms with Crippen molar-refractivity contribution in [2.75, 3.05) is 23.9 Å². The summed E-state index contributed by atoms with van der Waals surface area (Å²) in [6.45, 7) is 2.52. The number of anilines is 2. The summed E-state index contributed by atoms with van der Waals surface area (Å²) in [6.07, 6.45) is 0.222. The summed E-state index contributed by atoms with van der Waals surface area (Å²) in [5.41, 5.74) is 2.51. The van der Waals surface area contributed by atoms with Gasteiger partial charge in [0, 0.05) is 12.7 Å². The van der Waals surface area contributed by atoms with Gasteiger partial charge in [-0.3, -0.25) is 9.59 Å². The molecule has 6 heteroatoms. The van der Waals surface area contributed by atoms with Crippen LogP contribution in [0, 0.1) is 0 Å². The molecule has 4 rings (SSSR count). The Morgan fingerprint density at radius 3 is 2.57 bits per heavy atom. The zero-order valence-corrected chi connectivity index (χ0v) is 16.8. The Bertz CT molecular complexity index is 1090.